The number of rotatable bonds is 0. The molecule has 1 aliphatic rings. The van der Waals surface area contributed by atoms with Gasteiger partial charge in [-0.25, -0.2) is 0 Å². The van der Waals surface area contributed by atoms with E-state index in [2.05, 4.69) is 43.5 Å². The van der Waals surface area contributed by atoms with Crippen LogP contribution in [0.25, 0.3) is 0 Å². The highest BCUT2D eigenvalue weighted by Gasteiger charge is 2.42. The molecule has 0 amide bonds. The Labute approximate surface area is 73.6 Å². The van der Waals surface area contributed by atoms with Gasteiger partial charge in [0.15, 0.2) is 0 Å². The van der Waals surface area contributed by atoms with Gasteiger partial charge in [-0.3, -0.25) is 4.68 Å². The third-order valence-electron chi connectivity index (χ3n) is 2.78. The van der Waals surface area contributed by atoms with E-state index >= 15 is 0 Å². The van der Waals surface area contributed by atoms with Gasteiger partial charge in [0.05, 0.1) is 5.54 Å². The first-order valence-corrected chi connectivity index (χ1v) is 4.48. The summed E-state index contributed by atoms with van der Waals surface area (Å²) in [6, 6.07) is 2.13. The van der Waals surface area contributed by atoms with Crippen LogP contribution >= 0.6 is 0 Å². The second kappa shape index (κ2) is 1.93. The van der Waals surface area contributed by atoms with Gasteiger partial charge in [-0.2, -0.15) is 5.10 Å². The number of hydrogen-bond donors (Lipinski definition) is 0. The van der Waals surface area contributed by atoms with Crippen molar-refractivity contribution in [3.05, 3.63) is 18.0 Å². The average molecular weight is 164 g/mol. The molecule has 1 aromatic rings. The first-order valence-electron chi connectivity index (χ1n) is 4.48. The van der Waals surface area contributed by atoms with Gasteiger partial charge in [-0.1, -0.05) is 13.8 Å². The Hall–Kier alpha value is -0.790. The van der Waals surface area contributed by atoms with Gasteiger partial charge >= 0.3 is 0 Å². The molecule has 0 radical (unpaired) electrons. The van der Waals surface area contributed by atoms with Crippen LogP contribution in [0.4, 0.5) is 0 Å². The fraction of sp³-hybridized carbons (Fsp3) is 0.700. The second-order valence-electron chi connectivity index (χ2n) is 5.00. The van der Waals surface area contributed by atoms with Crippen LogP contribution in [0.15, 0.2) is 12.3 Å². The van der Waals surface area contributed by atoms with E-state index in [4.69, 9.17) is 0 Å². The Balaban J connectivity index is 2.60. The van der Waals surface area contributed by atoms with Crippen LogP contribution in [-0.2, 0) is 11.0 Å². The summed E-state index contributed by atoms with van der Waals surface area (Å²) in [7, 11) is 0. The zero-order valence-corrected chi connectivity index (χ0v) is 8.26. The minimum absolute atomic E-state index is 0.197. The van der Waals surface area contributed by atoms with Gasteiger partial charge < -0.3 is 0 Å². The standard InChI is InChI=1S/C10H16N2/c1-9(2)7-10(3,4)12-8(9)5-6-11-12/h5-6H,7H2,1-4H3. The van der Waals surface area contributed by atoms with Crippen molar-refractivity contribution in [2.75, 3.05) is 0 Å². The first-order chi connectivity index (χ1) is 5.43. The van der Waals surface area contributed by atoms with Crippen molar-refractivity contribution in [1.82, 2.24) is 9.78 Å². The third-order valence-corrected chi connectivity index (χ3v) is 2.78. The van der Waals surface area contributed by atoms with Gasteiger partial charge in [0.1, 0.15) is 0 Å². The largest absolute Gasteiger partial charge is 0.263 e. The lowest BCUT2D eigenvalue weighted by molar-refractivity contribution is 0.310. The zero-order chi connectivity index (χ0) is 8.98. The SMILES string of the molecule is CC1(C)CC(C)(C)n2nccc21. The summed E-state index contributed by atoms with van der Waals surface area (Å²) < 4.78 is 2.16. The molecule has 0 spiro atoms. The summed E-state index contributed by atoms with van der Waals surface area (Å²) in [5, 5.41) is 4.36. The van der Waals surface area contributed by atoms with Gasteiger partial charge in [-0.15, -0.1) is 0 Å². The van der Waals surface area contributed by atoms with Crippen LogP contribution in [0.5, 0.6) is 0 Å². The Morgan fingerprint density at radius 1 is 1.33 bits per heavy atom. The van der Waals surface area contributed by atoms with E-state index < -0.39 is 0 Å². The summed E-state index contributed by atoms with van der Waals surface area (Å²) in [5.41, 5.74) is 1.86. The molecule has 2 nitrogen and oxygen atoms in total. The predicted molar refractivity (Wildman–Crippen MR) is 49.2 cm³/mol. The lowest BCUT2D eigenvalue weighted by Crippen LogP contribution is -2.23. The number of nitrogens with zero attached hydrogens (tertiary/aromatic N) is 2. The van der Waals surface area contributed by atoms with E-state index in [1.54, 1.807) is 0 Å². The highest BCUT2D eigenvalue weighted by molar-refractivity contribution is 5.21. The summed E-state index contributed by atoms with van der Waals surface area (Å²) in [5.74, 6) is 0. The van der Waals surface area contributed by atoms with Crippen molar-refractivity contribution in [3.8, 4) is 0 Å². The van der Waals surface area contributed by atoms with Crippen LogP contribution < -0.4 is 0 Å². The quantitative estimate of drug-likeness (QED) is 0.575. The lowest BCUT2D eigenvalue weighted by atomic mass is 9.83. The number of aromatic nitrogens is 2. The first kappa shape index (κ1) is 7.84. The average Bonchev–Trinajstić information content (AvgIpc) is 2.34. The van der Waals surface area contributed by atoms with E-state index in [0.29, 0.717) is 5.41 Å². The Bertz CT molecular complexity index is 279. The molecule has 1 aromatic heterocycles. The van der Waals surface area contributed by atoms with Crippen molar-refractivity contribution in [2.24, 2.45) is 0 Å². The van der Waals surface area contributed by atoms with Crippen LogP contribution in [0.2, 0.25) is 0 Å². The van der Waals surface area contributed by atoms with Gasteiger partial charge in [0.25, 0.3) is 0 Å². The molecule has 0 bridgehead atoms. The van der Waals surface area contributed by atoms with Gasteiger partial charge in [0.2, 0.25) is 0 Å². The Morgan fingerprint density at radius 2 is 2.00 bits per heavy atom. The third kappa shape index (κ3) is 0.838. The Morgan fingerprint density at radius 3 is 2.58 bits per heavy atom. The predicted octanol–water partition coefficient (Wildman–Crippen LogP) is 2.30. The molecule has 2 heteroatoms. The van der Waals surface area contributed by atoms with Crippen molar-refractivity contribution < 1.29 is 0 Å². The lowest BCUT2D eigenvalue weighted by Gasteiger charge is -2.21. The normalized spacial score (nSPS) is 24.0. The highest BCUT2D eigenvalue weighted by Crippen LogP contribution is 2.43. The van der Waals surface area contributed by atoms with Crippen LogP contribution in [0, 0.1) is 0 Å². The monoisotopic (exact) mass is 164 g/mol. The second-order valence-corrected chi connectivity index (χ2v) is 5.00. The topological polar surface area (TPSA) is 17.8 Å². The molecule has 1 aliphatic heterocycles. The number of fused-ring (bicyclic) bond motifs is 1. The molecule has 0 N–H and O–H groups in total. The number of hydrogen-bond acceptors (Lipinski definition) is 1. The summed E-state index contributed by atoms with van der Waals surface area (Å²) in [6.07, 6.45) is 3.08. The van der Waals surface area contributed by atoms with Crippen molar-refractivity contribution >= 4 is 0 Å². The van der Waals surface area contributed by atoms with Crippen molar-refractivity contribution in [2.45, 2.75) is 45.1 Å². The molecule has 0 saturated heterocycles. The van der Waals surface area contributed by atoms with E-state index in [0.717, 1.165) is 0 Å². The van der Waals surface area contributed by atoms with E-state index in [-0.39, 0.29) is 5.54 Å². The minimum atomic E-state index is 0.197. The maximum absolute atomic E-state index is 4.36. The molecule has 0 aromatic carbocycles. The summed E-state index contributed by atoms with van der Waals surface area (Å²) >= 11 is 0. The molecule has 12 heavy (non-hydrogen) atoms. The summed E-state index contributed by atoms with van der Waals surface area (Å²) in [4.78, 5) is 0. The van der Waals surface area contributed by atoms with Crippen LogP contribution in [0.1, 0.15) is 39.8 Å². The van der Waals surface area contributed by atoms with Crippen molar-refractivity contribution in [1.29, 1.82) is 0 Å². The molecule has 2 rings (SSSR count). The van der Waals surface area contributed by atoms with E-state index in [1.165, 1.54) is 12.1 Å². The molecular weight excluding hydrogens is 148 g/mol. The van der Waals surface area contributed by atoms with Crippen LogP contribution in [0.3, 0.4) is 0 Å². The molecule has 0 unspecified atom stereocenters. The Kier molecular flexibility index (Phi) is 1.26. The summed E-state index contributed by atoms with van der Waals surface area (Å²) in [6.45, 7) is 9.07. The van der Waals surface area contributed by atoms with Gasteiger partial charge in [-0.05, 0) is 26.3 Å². The molecule has 0 atom stereocenters. The molecule has 2 heterocycles. The minimum Gasteiger partial charge on any atom is -0.263 e. The molecule has 0 fully saturated rings. The molecule has 0 saturated carbocycles. The molecule has 0 aliphatic carbocycles. The fourth-order valence-electron chi connectivity index (χ4n) is 2.55. The smallest absolute Gasteiger partial charge is 0.0583 e. The zero-order valence-electron chi connectivity index (χ0n) is 8.26. The maximum Gasteiger partial charge on any atom is 0.0583 e. The van der Waals surface area contributed by atoms with Crippen LogP contribution in [-0.4, -0.2) is 9.78 Å². The van der Waals surface area contributed by atoms with E-state index in [1.807, 2.05) is 6.20 Å². The maximum atomic E-state index is 4.36. The molecule has 66 valence electrons. The van der Waals surface area contributed by atoms with Crippen molar-refractivity contribution in [3.63, 3.8) is 0 Å². The molecular formula is C10H16N2. The van der Waals surface area contributed by atoms with Gasteiger partial charge in [0, 0.05) is 17.3 Å². The fourth-order valence-corrected chi connectivity index (χ4v) is 2.55. The van der Waals surface area contributed by atoms with E-state index in [9.17, 15) is 0 Å². The highest BCUT2D eigenvalue weighted by atomic mass is 15.3.